The molecule has 0 aromatic carbocycles. The molecule has 0 bridgehead atoms. The molecule has 1 aliphatic rings. The predicted molar refractivity (Wildman–Crippen MR) is 57.1 cm³/mol. The van der Waals surface area contributed by atoms with Crippen LogP contribution in [0.1, 0.15) is 36.6 Å². The van der Waals surface area contributed by atoms with Crippen molar-refractivity contribution in [2.75, 3.05) is 0 Å². The van der Waals surface area contributed by atoms with Crippen LogP contribution in [0.5, 0.6) is 0 Å². The van der Waals surface area contributed by atoms with Crippen molar-refractivity contribution in [2.24, 2.45) is 0 Å². The number of rotatable bonds is 1. The highest BCUT2D eigenvalue weighted by Crippen LogP contribution is 2.35. The van der Waals surface area contributed by atoms with E-state index in [9.17, 15) is 4.79 Å². The van der Waals surface area contributed by atoms with Crippen LogP contribution in [-0.2, 0) is 0 Å². The largest absolute Gasteiger partial charge is 0.277 e. The number of pyridine rings is 1. The molecule has 1 saturated carbocycles. The van der Waals surface area contributed by atoms with E-state index in [0.29, 0.717) is 5.92 Å². The van der Waals surface area contributed by atoms with Gasteiger partial charge in [-0.2, -0.15) is 0 Å². The van der Waals surface area contributed by atoms with Crippen molar-refractivity contribution in [2.45, 2.75) is 32.1 Å². The van der Waals surface area contributed by atoms with E-state index < -0.39 is 0 Å². The third kappa shape index (κ3) is 1.28. The van der Waals surface area contributed by atoms with Gasteiger partial charge in [-0.3, -0.25) is 9.89 Å². The topological polar surface area (TPSA) is 50.2 Å². The van der Waals surface area contributed by atoms with Crippen molar-refractivity contribution in [1.82, 2.24) is 14.6 Å². The van der Waals surface area contributed by atoms with Gasteiger partial charge in [-0.05, 0) is 37.3 Å². The van der Waals surface area contributed by atoms with Gasteiger partial charge in [0.25, 0.3) is 5.56 Å². The van der Waals surface area contributed by atoms with Crippen LogP contribution in [0, 0.1) is 6.92 Å². The highest BCUT2D eigenvalue weighted by molar-refractivity contribution is 5.42. The monoisotopic (exact) mass is 203 g/mol. The summed E-state index contributed by atoms with van der Waals surface area (Å²) < 4.78 is 1.50. The van der Waals surface area contributed by atoms with Crippen LogP contribution in [-0.4, -0.2) is 14.6 Å². The molecule has 4 heteroatoms. The zero-order chi connectivity index (χ0) is 10.4. The lowest BCUT2D eigenvalue weighted by Crippen LogP contribution is -2.17. The lowest BCUT2D eigenvalue weighted by Gasteiger charge is -2.25. The minimum atomic E-state index is -0.00463. The maximum atomic E-state index is 11.7. The van der Waals surface area contributed by atoms with Gasteiger partial charge in [0.1, 0.15) is 5.82 Å². The third-order valence-corrected chi connectivity index (χ3v) is 3.17. The Morgan fingerprint density at radius 1 is 1.47 bits per heavy atom. The zero-order valence-electron chi connectivity index (χ0n) is 8.66. The fourth-order valence-electron chi connectivity index (χ4n) is 2.11. The molecule has 4 nitrogen and oxygen atoms in total. The molecule has 2 aromatic heterocycles. The van der Waals surface area contributed by atoms with Gasteiger partial charge in [-0.15, -0.1) is 0 Å². The van der Waals surface area contributed by atoms with Crippen LogP contribution >= 0.6 is 0 Å². The molecular formula is C11H13N3O. The molecule has 3 rings (SSSR count). The van der Waals surface area contributed by atoms with Gasteiger partial charge >= 0.3 is 0 Å². The smallest absolute Gasteiger partial charge is 0.271 e. The van der Waals surface area contributed by atoms with Gasteiger partial charge < -0.3 is 0 Å². The Hall–Kier alpha value is -1.58. The van der Waals surface area contributed by atoms with Gasteiger partial charge in [0.15, 0.2) is 5.65 Å². The molecule has 0 unspecified atom stereocenters. The molecule has 0 saturated heterocycles. The highest BCUT2D eigenvalue weighted by Gasteiger charge is 2.20. The maximum absolute atomic E-state index is 11.7. The summed E-state index contributed by atoms with van der Waals surface area (Å²) in [4.78, 5) is 16.0. The van der Waals surface area contributed by atoms with Crippen molar-refractivity contribution in [3.63, 3.8) is 0 Å². The van der Waals surface area contributed by atoms with Crippen LogP contribution in [0.3, 0.4) is 0 Å². The van der Waals surface area contributed by atoms with E-state index in [4.69, 9.17) is 0 Å². The SMILES string of the molecule is Cc1nc2cc(C3CCC3)cc(=O)n2[nH]1. The van der Waals surface area contributed by atoms with Crippen molar-refractivity contribution in [3.05, 3.63) is 33.9 Å². The molecule has 2 aromatic rings. The Balaban J connectivity index is 2.21. The zero-order valence-corrected chi connectivity index (χ0v) is 8.66. The first kappa shape index (κ1) is 8.71. The fraction of sp³-hybridized carbons (Fsp3) is 0.455. The molecule has 1 fully saturated rings. The van der Waals surface area contributed by atoms with Crippen LogP contribution < -0.4 is 5.56 Å². The lowest BCUT2D eigenvalue weighted by molar-refractivity contribution is 0.419. The molecule has 0 radical (unpaired) electrons. The number of hydrogen-bond donors (Lipinski definition) is 1. The number of aryl methyl sites for hydroxylation is 1. The van der Waals surface area contributed by atoms with Gasteiger partial charge in [-0.25, -0.2) is 9.50 Å². The Kier molecular flexibility index (Phi) is 1.71. The number of aromatic nitrogens is 3. The summed E-state index contributed by atoms with van der Waals surface area (Å²) in [5.74, 6) is 1.36. The Morgan fingerprint density at radius 2 is 2.27 bits per heavy atom. The Labute approximate surface area is 86.9 Å². The van der Waals surface area contributed by atoms with Gasteiger partial charge in [0.05, 0.1) is 0 Å². The van der Waals surface area contributed by atoms with E-state index >= 15 is 0 Å². The quantitative estimate of drug-likeness (QED) is 0.765. The second kappa shape index (κ2) is 2.95. The summed E-state index contributed by atoms with van der Waals surface area (Å²) in [5, 5.41) is 2.92. The maximum Gasteiger partial charge on any atom is 0.271 e. The van der Waals surface area contributed by atoms with Crippen LogP contribution in [0.25, 0.3) is 5.65 Å². The predicted octanol–water partition coefficient (Wildman–Crippen LogP) is 1.60. The second-order valence-corrected chi connectivity index (χ2v) is 4.26. The number of nitrogens with one attached hydrogen (secondary N) is 1. The molecule has 0 atom stereocenters. The van der Waals surface area contributed by atoms with Crippen LogP contribution in [0.2, 0.25) is 0 Å². The lowest BCUT2D eigenvalue weighted by atomic mass is 9.80. The Bertz CT molecular complexity index is 563. The van der Waals surface area contributed by atoms with Crippen LogP contribution in [0.4, 0.5) is 0 Å². The average Bonchev–Trinajstić information content (AvgIpc) is 2.42. The van der Waals surface area contributed by atoms with E-state index in [1.165, 1.54) is 23.8 Å². The second-order valence-electron chi connectivity index (χ2n) is 4.26. The van der Waals surface area contributed by atoms with Crippen molar-refractivity contribution >= 4 is 5.65 Å². The van der Waals surface area contributed by atoms with Gasteiger partial charge in [-0.1, -0.05) is 6.42 Å². The van der Waals surface area contributed by atoms with Crippen molar-refractivity contribution in [3.8, 4) is 0 Å². The van der Waals surface area contributed by atoms with Gasteiger partial charge in [0.2, 0.25) is 0 Å². The summed E-state index contributed by atoms with van der Waals surface area (Å²) in [6.45, 7) is 1.86. The fourth-order valence-corrected chi connectivity index (χ4v) is 2.11. The molecule has 0 spiro atoms. The van der Waals surface area contributed by atoms with E-state index in [2.05, 4.69) is 10.1 Å². The first-order chi connectivity index (χ1) is 7.24. The summed E-state index contributed by atoms with van der Waals surface area (Å²) in [6.07, 6.45) is 3.70. The number of fused-ring (bicyclic) bond motifs is 1. The molecule has 15 heavy (non-hydrogen) atoms. The summed E-state index contributed by atoms with van der Waals surface area (Å²) in [5.41, 5.74) is 1.88. The van der Waals surface area contributed by atoms with E-state index in [1.54, 1.807) is 6.07 Å². The molecule has 0 amide bonds. The molecule has 1 N–H and O–H groups in total. The van der Waals surface area contributed by atoms with Gasteiger partial charge in [0, 0.05) is 6.07 Å². The first-order valence-electron chi connectivity index (χ1n) is 5.33. The minimum Gasteiger partial charge on any atom is -0.277 e. The Morgan fingerprint density at radius 3 is 2.93 bits per heavy atom. The highest BCUT2D eigenvalue weighted by atomic mass is 16.1. The molecule has 78 valence electrons. The normalized spacial score (nSPS) is 16.9. The summed E-state index contributed by atoms with van der Waals surface area (Å²) in [7, 11) is 0. The first-order valence-corrected chi connectivity index (χ1v) is 5.33. The number of hydrogen-bond acceptors (Lipinski definition) is 2. The number of aromatic amines is 1. The molecule has 0 aliphatic heterocycles. The van der Waals surface area contributed by atoms with Crippen molar-refractivity contribution < 1.29 is 0 Å². The molecule has 2 heterocycles. The van der Waals surface area contributed by atoms with E-state index in [0.717, 1.165) is 17.0 Å². The third-order valence-electron chi connectivity index (χ3n) is 3.17. The minimum absolute atomic E-state index is 0.00463. The van der Waals surface area contributed by atoms with Crippen LogP contribution in [0.15, 0.2) is 16.9 Å². The average molecular weight is 203 g/mol. The van der Waals surface area contributed by atoms with E-state index in [1.807, 2.05) is 13.0 Å². The number of H-pyrrole nitrogens is 1. The number of nitrogens with zero attached hydrogens (tertiary/aromatic N) is 2. The van der Waals surface area contributed by atoms with Crippen molar-refractivity contribution in [1.29, 1.82) is 0 Å². The standard InChI is InChI=1S/C11H13N3O/c1-7-12-10-5-9(8-3-2-4-8)6-11(15)14(10)13-7/h5-6,8H,2-4H2,1H3,(H,12,13). The molecular weight excluding hydrogens is 190 g/mol. The summed E-state index contributed by atoms with van der Waals surface area (Å²) in [6, 6.07) is 3.75. The molecule has 1 aliphatic carbocycles. The summed E-state index contributed by atoms with van der Waals surface area (Å²) >= 11 is 0. The van der Waals surface area contributed by atoms with E-state index in [-0.39, 0.29) is 5.56 Å².